The highest BCUT2D eigenvalue weighted by Crippen LogP contribution is 2.43. The SMILES string of the molecule is CCC(NC(=O)OC)C(=O)N(C(C)c1nc2c(ccc3cc4c(cc32)OCc2cc(-c3cnc([C@H](C)N(C(=O)[C@@H](NC(=O)OC)C(C)C)[C@@H](C)CC)[nH]3)ccc2-4)[nH]1)[C@H](CC)COC. The second-order valence-electron chi connectivity index (χ2n) is 16.6. The van der Waals surface area contributed by atoms with Crippen LogP contribution in [0.5, 0.6) is 5.75 Å². The van der Waals surface area contributed by atoms with Gasteiger partial charge in [-0.2, -0.15) is 0 Å². The lowest BCUT2D eigenvalue weighted by Crippen LogP contribution is -2.54. The van der Waals surface area contributed by atoms with Crippen molar-refractivity contribution in [3.05, 3.63) is 65.9 Å². The van der Waals surface area contributed by atoms with E-state index in [2.05, 4.69) is 50.9 Å². The van der Waals surface area contributed by atoms with Crippen LogP contribution >= 0.6 is 0 Å². The second-order valence-corrected chi connectivity index (χ2v) is 16.6. The smallest absolute Gasteiger partial charge is 0.407 e. The highest BCUT2D eigenvalue weighted by Gasteiger charge is 2.37. The Balaban J connectivity index is 1.28. The van der Waals surface area contributed by atoms with Crippen LogP contribution in [0, 0.1) is 5.92 Å². The fourth-order valence-electron chi connectivity index (χ4n) is 8.47. The van der Waals surface area contributed by atoms with Crippen molar-refractivity contribution < 1.29 is 38.1 Å². The maximum Gasteiger partial charge on any atom is 0.407 e. The number of hydrogen-bond donors (Lipinski definition) is 4. The molecule has 6 rings (SSSR count). The number of imidazole rings is 2. The zero-order valence-corrected chi connectivity index (χ0v) is 38.3. The summed E-state index contributed by atoms with van der Waals surface area (Å²) in [6.07, 6.45) is 2.19. The monoisotopic (exact) mass is 866 g/mol. The van der Waals surface area contributed by atoms with E-state index >= 15 is 0 Å². The molecule has 16 nitrogen and oxygen atoms in total. The Morgan fingerprint density at radius 2 is 1.51 bits per heavy atom. The van der Waals surface area contributed by atoms with E-state index in [0.29, 0.717) is 37.7 Å². The first-order chi connectivity index (χ1) is 30.2. The molecule has 5 aromatic rings. The summed E-state index contributed by atoms with van der Waals surface area (Å²) in [6.45, 7) is 16.2. The minimum Gasteiger partial charge on any atom is -0.488 e. The quantitative estimate of drug-likeness (QED) is 0.0708. The summed E-state index contributed by atoms with van der Waals surface area (Å²) in [5.74, 6) is 1.37. The number of benzene rings is 3. The minimum atomic E-state index is -0.788. The van der Waals surface area contributed by atoms with Gasteiger partial charge in [-0.15, -0.1) is 0 Å². The minimum absolute atomic E-state index is 0.119. The first-order valence-corrected chi connectivity index (χ1v) is 21.8. The number of amides is 4. The van der Waals surface area contributed by atoms with Crippen molar-refractivity contribution in [2.45, 2.75) is 118 Å². The number of rotatable bonds is 17. The van der Waals surface area contributed by atoms with Gasteiger partial charge < -0.3 is 49.3 Å². The number of fused-ring (bicyclic) bond motifs is 6. The summed E-state index contributed by atoms with van der Waals surface area (Å²) in [4.78, 5) is 72.7. The summed E-state index contributed by atoms with van der Waals surface area (Å²) in [6, 6.07) is 11.6. The van der Waals surface area contributed by atoms with Crippen molar-refractivity contribution in [1.29, 1.82) is 0 Å². The first kappa shape index (κ1) is 46.3. The lowest BCUT2D eigenvalue weighted by atomic mass is 9.92. The number of ether oxygens (including phenoxy) is 4. The van der Waals surface area contributed by atoms with Gasteiger partial charge in [-0.05, 0) is 92.3 Å². The molecule has 3 heterocycles. The molecule has 63 heavy (non-hydrogen) atoms. The zero-order chi connectivity index (χ0) is 45.7. The average molecular weight is 867 g/mol. The molecule has 4 N–H and O–H groups in total. The van der Waals surface area contributed by atoms with Crippen LogP contribution in [0.4, 0.5) is 9.59 Å². The summed E-state index contributed by atoms with van der Waals surface area (Å²) >= 11 is 0. The normalized spacial score (nSPS) is 15.0. The molecule has 2 unspecified atom stereocenters. The van der Waals surface area contributed by atoms with Crippen molar-refractivity contribution in [1.82, 2.24) is 40.4 Å². The van der Waals surface area contributed by atoms with Crippen molar-refractivity contribution in [2.75, 3.05) is 27.9 Å². The third-order valence-electron chi connectivity index (χ3n) is 12.3. The number of nitrogens with zero attached hydrogens (tertiary/aromatic N) is 4. The molecule has 3 aromatic carbocycles. The summed E-state index contributed by atoms with van der Waals surface area (Å²) in [5.41, 5.74) is 6.34. The Bertz CT molecular complexity index is 2440. The van der Waals surface area contributed by atoms with E-state index in [1.807, 2.05) is 67.5 Å². The number of carbonyl (C=O) groups excluding carboxylic acids is 4. The highest BCUT2D eigenvalue weighted by atomic mass is 16.5. The predicted octanol–water partition coefficient (Wildman–Crippen LogP) is 8.18. The molecule has 0 fully saturated rings. The van der Waals surface area contributed by atoms with E-state index in [0.717, 1.165) is 61.9 Å². The number of H-pyrrole nitrogens is 2. The van der Waals surface area contributed by atoms with Crippen molar-refractivity contribution in [2.24, 2.45) is 5.92 Å². The van der Waals surface area contributed by atoms with Crippen LogP contribution in [0.2, 0.25) is 0 Å². The Hall–Kier alpha value is -6.16. The van der Waals surface area contributed by atoms with Gasteiger partial charge in [-0.1, -0.05) is 52.8 Å². The molecule has 1 aliphatic heterocycles. The number of carbonyl (C=O) groups is 4. The fraction of sp³-hybridized carbons (Fsp3) is 0.489. The summed E-state index contributed by atoms with van der Waals surface area (Å²) < 4.78 is 21.6. The van der Waals surface area contributed by atoms with E-state index in [1.165, 1.54) is 14.2 Å². The van der Waals surface area contributed by atoms with Crippen LogP contribution in [0.25, 0.3) is 44.2 Å². The van der Waals surface area contributed by atoms with Gasteiger partial charge in [-0.3, -0.25) is 9.59 Å². The maximum absolute atomic E-state index is 14.1. The van der Waals surface area contributed by atoms with Gasteiger partial charge in [0.2, 0.25) is 11.8 Å². The molecule has 0 aliphatic carbocycles. The summed E-state index contributed by atoms with van der Waals surface area (Å²) in [5, 5.41) is 7.29. The second kappa shape index (κ2) is 19.9. The molecular weight excluding hydrogens is 805 g/mol. The molecule has 0 saturated carbocycles. The molecule has 0 saturated heterocycles. The highest BCUT2D eigenvalue weighted by molar-refractivity contribution is 6.07. The van der Waals surface area contributed by atoms with Gasteiger partial charge in [0.15, 0.2) is 0 Å². The van der Waals surface area contributed by atoms with Crippen molar-refractivity contribution >= 4 is 45.8 Å². The molecule has 0 bridgehead atoms. The van der Waals surface area contributed by atoms with Gasteiger partial charge >= 0.3 is 12.2 Å². The molecule has 0 radical (unpaired) electrons. The van der Waals surface area contributed by atoms with Gasteiger partial charge in [0, 0.05) is 24.1 Å². The van der Waals surface area contributed by atoms with Gasteiger partial charge in [0.1, 0.15) is 36.1 Å². The van der Waals surface area contributed by atoms with Gasteiger partial charge in [0.05, 0.1) is 61.9 Å². The fourth-order valence-corrected chi connectivity index (χ4v) is 8.47. The first-order valence-electron chi connectivity index (χ1n) is 21.8. The zero-order valence-electron chi connectivity index (χ0n) is 38.3. The largest absolute Gasteiger partial charge is 0.488 e. The third-order valence-corrected chi connectivity index (χ3v) is 12.3. The van der Waals surface area contributed by atoms with Crippen LogP contribution in [0.15, 0.2) is 48.7 Å². The molecule has 2 aromatic heterocycles. The molecule has 338 valence electrons. The van der Waals surface area contributed by atoms with E-state index in [9.17, 15) is 19.2 Å². The Kier molecular flexibility index (Phi) is 14.6. The number of alkyl carbamates (subject to hydrolysis) is 2. The number of hydrogen-bond acceptors (Lipinski definition) is 10. The van der Waals surface area contributed by atoms with Crippen LogP contribution < -0.4 is 15.4 Å². The van der Waals surface area contributed by atoms with Gasteiger partial charge in [-0.25, -0.2) is 19.6 Å². The molecule has 1 aliphatic rings. The van der Waals surface area contributed by atoms with Crippen LogP contribution in [-0.4, -0.2) is 106 Å². The molecule has 16 heteroatoms. The van der Waals surface area contributed by atoms with E-state index in [-0.39, 0.29) is 29.8 Å². The predicted molar refractivity (Wildman–Crippen MR) is 241 cm³/mol. The van der Waals surface area contributed by atoms with E-state index in [4.69, 9.17) is 28.9 Å². The molecule has 4 amide bonds. The number of methoxy groups -OCH3 is 3. The number of nitrogens with one attached hydrogen (secondary N) is 4. The maximum atomic E-state index is 14.1. The number of aromatic nitrogens is 4. The lowest BCUT2D eigenvalue weighted by Gasteiger charge is -2.37. The third kappa shape index (κ3) is 9.46. The Labute approximate surface area is 368 Å². The van der Waals surface area contributed by atoms with Crippen LogP contribution in [0.3, 0.4) is 0 Å². The Morgan fingerprint density at radius 3 is 2.16 bits per heavy atom. The molecule has 6 atom stereocenters. The average Bonchev–Trinajstić information content (AvgIpc) is 3.97. The molecular formula is C47H62N8O8. The van der Waals surface area contributed by atoms with Crippen molar-refractivity contribution in [3.8, 4) is 28.1 Å². The van der Waals surface area contributed by atoms with E-state index < -0.39 is 36.4 Å². The van der Waals surface area contributed by atoms with Crippen molar-refractivity contribution in [3.63, 3.8) is 0 Å². The lowest BCUT2D eigenvalue weighted by molar-refractivity contribution is -0.140. The topological polar surface area (TPSA) is 193 Å². The van der Waals surface area contributed by atoms with Crippen LogP contribution in [-0.2, 0) is 30.4 Å². The number of aromatic amines is 2. The Morgan fingerprint density at radius 1 is 0.794 bits per heavy atom. The molecule has 0 spiro atoms. The standard InChI is InChI=1S/C47H62N8O8/c1-12-26(6)54(45(57)40(25(4)5)53-47(59)62-11)27(7)42-48-22-38(50-42)30-15-17-33-31(19-30)23-63-39-21-34-29(20-35(33)39)16-18-37-41(34)52-43(49-37)28(8)55(32(13-2)24-60-9)44(56)36(14-3)51-46(58)61-10/h15-22,25-28,32,36,40H,12-14,23-24H2,1-11H3,(H,48,50)(H,49,52)(H,51,58)(H,53,59)/t26-,27-,28?,32+,36?,40-/m0/s1. The van der Waals surface area contributed by atoms with Gasteiger partial charge in [0.25, 0.3) is 0 Å². The summed E-state index contributed by atoms with van der Waals surface area (Å²) in [7, 11) is 4.16. The van der Waals surface area contributed by atoms with Crippen LogP contribution in [0.1, 0.15) is 104 Å². The van der Waals surface area contributed by atoms with E-state index in [1.54, 1.807) is 23.1 Å².